The summed E-state index contributed by atoms with van der Waals surface area (Å²) in [5.41, 5.74) is 8.74. The van der Waals surface area contributed by atoms with E-state index in [0.29, 0.717) is 17.4 Å². The Kier molecular flexibility index (Phi) is 7.68. The second-order valence-electron chi connectivity index (χ2n) is 10.3. The Hall–Kier alpha value is -3.87. The molecule has 0 N–H and O–H groups in total. The summed E-state index contributed by atoms with van der Waals surface area (Å²) >= 11 is 0. The first-order chi connectivity index (χ1) is 18.1. The van der Waals surface area contributed by atoms with Crippen LogP contribution in [0.3, 0.4) is 0 Å². The van der Waals surface area contributed by atoms with Crippen LogP contribution in [-0.4, -0.2) is 22.6 Å². The van der Waals surface area contributed by atoms with E-state index in [-0.39, 0.29) is 0 Å². The van der Waals surface area contributed by atoms with Gasteiger partial charge >= 0.3 is 0 Å². The maximum Gasteiger partial charge on any atom is 0.0991 e. The van der Waals surface area contributed by atoms with Crippen molar-refractivity contribution in [2.45, 2.75) is 39.3 Å². The van der Waals surface area contributed by atoms with Crippen LogP contribution in [0.4, 0.5) is 0 Å². The van der Waals surface area contributed by atoms with Gasteiger partial charge in [0.25, 0.3) is 0 Å². The highest BCUT2D eigenvalue weighted by molar-refractivity contribution is 5.58. The number of hydrogen-bond acceptors (Lipinski definition) is 2. The Labute approximate surface area is 221 Å². The summed E-state index contributed by atoms with van der Waals surface area (Å²) in [5, 5.41) is 9.12. The summed E-state index contributed by atoms with van der Waals surface area (Å²) in [7, 11) is 0. The third-order valence-electron chi connectivity index (χ3n) is 7.70. The molecule has 0 aliphatic heterocycles. The van der Waals surface area contributed by atoms with Crippen LogP contribution in [0.5, 0.6) is 0 Å². The fraction of sp³-hybridized carbons (Fsp3) is 0.265. The van der Waals surface area contributed by atoms with Crippen LogP contribution in [0.15, 0.2) is 97.2 Å². The molecule has 2 unspecified atom stereocenters. The molecule has 0 amide bonds. The van der Waals surface area contributed by atoms with Gasteiger partial charge in [-0.1, -0.05) is 85.3 Å². The molecule has 1 heterocycles. The van der Waals surface area contributed by atoms with E-state index in [1.165, 1.54) is 33.5 Å². The summed E-state index contributed by atoms with van der Waals surface area (Å²) in [6, 6.07) is 32.3. The zero-order valence-corrected chi connectivity index (χ0v) is 21.8. The zero-order chi connectivity index (χ0) is 25.6. The van der Waals surface area contributed by atoms with Gasteiger partial charge in [-0.3, -0.25) is 4.90 Å². The van der Waals surface area contributed by atoms with E-state index in [1.807, 2.05) is 12.1 Å². The number of aryl methyl sites for hydroxylation is 1. The number of nitrogens with zero attached hydrogens (tertiary/aromatic N) is 3. The Morgan fingerprint density at radius 3 is 2.43 bits per heavy atom. The summed E-state index contributed by atoms with van der Waals surface area (Å²) in [6.45, 7) is 8.29. The van der Waals surface area contributed by atoms with Gasteiger partial charge in [-0.25, -0.2) is 0 Å². The second kappa shape index (κ2) is 11.5. The van der Waals surface area contributed by atoms with E-state index in [4.69, 9.17) is 5.26 Å². The quantitative estimate of drug-likeness (QED) is 0.251. The van der Waals surface area contributed by atoms with Gasteiger partial charge in [-0.2, -0.15) is 5.26 Å². The van der Waals surface area contributed by atoms with Crippen molar-refractivity contribution in [3.8, 4) is 6.07 Å². The highest BCUT2D eigenvalue weighted by atomic mass is 15.1. The van der Waals surface area contributed by atoms with Crippen LogP contribution in [0, 0.1) is 24.2 Å². The molecule has 0 bridgehead atoms. The molecule has 4 aromatic rings. The molecular formula is C34H35N3. The van der Waals surface area contributed by atoms with Gasteiger partial charge in [0.1, 0.15) is 0 Å². The van der Waals surface area contributed by atoms with Gasteiger partial charge in [0.2, 0.25) is 0 Å². The molecule has 2 atom stereocenters. The van der Waals surface area contributed by atoms with E-state index >= 15 is 0 Å². The summed E-state index contributed by atoms with van der Waals surface area (Å²) in [6.07, 6.45) is 7.94. The van der Waals surface area contributed by atoms with Crippen molar-refractivity contribution in [2.24, 2.45) is 5.92 Å². The molecule has 5 rings (SSSR count). The minimum Gasteiger partial charge on any atom is -0.346 e. The summed E-state index contributed by atoms with van der Waals surface area (Å²) in [5.74, 6) is 0.975. The first-order valence-electron chi connectivity index (χ1n) is 13.3. The number of fused-ring (bicyclic) bond motifs is 1. The largest absolute Gasteiger partial charge is 0.346 e. The average Bonchev–Trinajstić information content (AvgIpc) is 3.36. The second-order valence-corrected chi connectivity index (χ2v) is 10.3. The molecule has 0 fully saturated rings. The van der Waals surface area contributed by atoms with Crippen molar-refractivity contribution in [3.63, 3.8) is 0 Å². The van der Waals surface area contributed by atoms with Crippen molar-refractivity contribution < 1.29 is 0 Å². The van der Waals surface area contributed by atoms with E-state index in [1.54, 1.807) is 0 Å². The third-order valence-corrected chi connectivity index (χ3v) is 7.70. The van der Waals surface area contributed by atoms with Crippen LogP contribution < -0.4 is 0 Å². The smallest absolute Gasteiger partial charge is 0.0991 e. The Morgan fingerprint density at radius 1 is 0.892 bits per heavy atom. The minimum atomic E-state index is 0.481. The maximum absolute atomic E-state index is 9.12. The molecule has 3 aromatic carbocycles. The molecule has 1 aliphatic rings. The monoisotopic (exact) mass is 485 g/mol. The van der Waals surface area contributed by atoms with Gasteiger partial charge in [0, 0.05) is 38.1 Å². The van der Waals surface area contributed by atoms with Gasteiger partial charge in [0.05, 0.1) is 11.6 Å². The fourth-order valence-electron chi connectivity index (χ4n) is 5.35. The topological polar surface area (TPSA) is 32.0 Å². The lowest BCUT2D eigenvalue weighted by Crippen LogP contribution is -2.34. The van der Waals surface area contributed by atoms with E-state index < -0.39 is 0 Å². The Morgan fingerprint density at radius 2 is 1.65 bits per heavy atom. The molecule has 1 aromatic heterocycles. The first-order valence-corrected chi connectivity index (χ1v) is 13.3. The minimum absolute atomic E-state index is 0.481. The van der Waals surface area contributed by atoms with Crippen molar-refractivity contribution in [1.29, 1.82) is 5.26 Å². The van der Waals surface area contributed by atoms with Gasteiger partial charge in [-0.05, 0) is 71.7 Å². The molecule has 1 aliphatic carbocycles. The molecule has 3 heteroatoms. The SMILES string of the molecule is Cc1ccc(CCN(Cc2cccn2Cc2ccc(C#N)cc2)CC2C=Cc3ccccc3C2C)cc1. The Bertz CT molecular complexity index is 1390. The van der Waals surface area contributed by atoms with Crippen molar-refractivity contribution in [1.82, 2.24) is 9.47 Å². The predicted molar refractivity (Wildman–Crippen MR) is 152 cm³/mol. The van der Waals surface area contributed by atoms with Crippen LogP contribution in [0.2, 0.25) is 0 Å². The number of benzene rings is 3. The van der Waals surface area contributed by atoms with Crippen LogP contribution >= 0.6 is 0 Å². The molecule has 0 saturated carbocycles. The molecule has 186 valence electrons. The van der Waals surface area contributed by atoms with Crippen LogP contribution in [0.1, 0.15) is 51.9 Å². The molecule has 3 nitrogen and oxygen atoms in total. The van der Waals surface area contributed by atoms with E-state index in [0.717, 1.165) is 32.6 Å². The number of rotatable bonds is 9. The fourth-order valence-corrected chi connectivity index (χ4v) is 5.35. The first kappa shape index (κ1) is 24.8. The van der Waals surface area contributed by atoms with Crippen molar-refractivity contribution in [3.05, 3.63) is 136 Å². The number of hydrogen-bond donors (Lipinski definition) is 0. The summed E-state index contributed by atoms with van der Waals surface area (Å²) < 4.78 is 2.34. The van der Waals surface area contributed by atoms with Gasteiger partial charge in [0.15, 0.2) is 0 Å². The maximum atomic E-state index is 9.12. The van der Waals surface area contributed by atoms with Gasteiger partial charge in [-0.15, -0.1) is 0 Å². The van der Waals surface area contributed by atoms with Crippen molar-refractivity contribution in [2.75, 3.05) is 13.1 Å². The Balaban J connectivity index is 1.33. The lowest BCUT2D eigenvalue weighted by atomic mass is 9.80. The highest BCUT2D eigenvalue weighted by Gasteiger charge is 2.24. The highest BCUT2D eigenvalue weighted by Crippen LogP contribution is 2.34. The van der Waals surface area contributed by atoms with Gasteiger partial charge < -0.3 is 4.57 Å². The zero-order valence-electron chi connectivity index (χ0n) is 21.8. The molecule has 0 spiro atoms. The molecular weight excluding hydrogens is 450 g/mol. The lowest BCUT2D eigenvalue weighted by molar-refractivity contribution is 0.226. The van der Waals surface area contributed by atoms with Crippen LogP contribution in [0.25, 0.3) is 6.08 Å². The lowest BCUT2D eigenvalue weighted by Gasteiger charge is -2.32. The van der Waals surface area contributed by atoms with Crippen molar-refractivity contribution >= 4 is 6.08 Å². The molecule has 0 saturated heterocycles. The van der Waals surface area contributed by atoms with E-state index in [9.17, 15) is 0 Å². The number of nitriles is 1. The standard InChI is InChI=1S/C34H35N3/c1-26-9-11-28(12-10-26)19-21-36(24-32-18-17-31-6-3-4-8-34(31)27(32)2)25-33-7-5-20-37(33)23-30-15-13-29(22-35)14-16-30/h3-18,20,27,32H,19,21,23-25H2,1-2H3. The number of aromatic nitrogens is 1. The molecule has 0 radical (unpaired) electrons. The predicted octanol–water partition coefficient (Wildman–Crippen LogP) is 7.21. The molecule has 37 heavy (non-hydrogen) atoms. The normalized spacial score (nSPS) is 16.5. The third kappa shape index (κ3) is 6.10. The summed E-state index contributed by atoms with van der Waals surface area (Å²) in [4.78, 5) is 2.63. The van der Waals surface area contributed by atoms with E-state index in [2.05, 4.69) is 121 Å². The average molecular weight is 486 g/mol. The van der Waals surface area contributed by atoms with Crippen LogP contribution in [-0.2, 0) is 19.5 Å².